The van der Waals surface area contributed by atoms with Crippen molar-refractivity contribution in [3.63, 3.8) is 0 Å². The summed E-state index contributed by atoms with van der Waals surface area (Å²) in [4.78, 5) is 51.8. The molecule has 3 saturated heterocycles. The molecule has 9 N–H and O–H groups in total. The Kier molecular flexibility index (Phi) is 7.23. The molecule has 2 bridgehead atoms. The molecular weight excluding hydrogens is 652 g/mol. The van der Waals surface area contributed by atoms with E-state index >= 15 is 0 Å². The lowest BCUT2D eigenvalue weighted by Gasteiger charge is -2.25. The van der Waals surface area contributed by atoms with E-state index in [4.69, 9.17) is 39.5 Å². The number of rotatable bonds is 2. The lowest BCUT2D eigenvalue weighted by atomic mass is 10.2. The Hall–Kier alpha value is -3.51. The maximum absolute atomic E-state index is 13.3. The molecule has 242 valence electrons. The van der Waals surface area contributed by atoms with Gasteiger partial charge in [-0.15, -0.1) is 5.10 Å². The molecule has 45 heavy (non-hydrogen) atoms. The van der Waals surface area contributed by atoms with E-state index in [1.165, 1.54) is 10.9 Å². The van der Waals surface area contributed by atoms with Gasteiger partial charge in [-0.05, 0) is 0 Å². The summed E-state index contributed by atoms with van der Waals surface area (Å²) < 4.78 is 61.3. The van der Waals surface area contributed by atoms with Crippen molar-refractivity contribution in [3.05, 3.63) is 23.0 Å². The Morgan fingerprint density at radius 3 is 2.33 bits per heavy atom. The molecule has 10 atom stereocenters. The first-order chi connectivity index (χ1) is 21.3. The smallest absolute Gasteiger partial charge is 0.354 e. The zero-order chi connectivity index (χ0) is 31.8. The summed E-state index contributed by atoms with van der Waals surface area (Å²) in [6, 6.07) is 0. The summed E-state index contributed by atoms with van der Waals surface area (Å²) in [5.74, 6) is -0.299. The van der Waals surface area contributed by atoms with Crippen LogP contribution in [0.2, 0.25) is 0 Å². The first-order valence-corrected chi connectivity index (χ1v) is 16.3. The van der Waals surface area contributed by atoms with Gasteiger partial charge in [-0.1, -0.05) is 5.21 Å². The van der Waals surface area contributed by atoms with Crippen LogP contribution in [-0.4, -0.2) is 114 Å². The Morgan fingerprint density at radius 1 is 0.889 bits per heavy atom. The normalized spacial score (nSPS) is 37.7. The van der Waals surface area contributed by atoms with Crippen molar-refractivity contribution in [2.24, 2.45) is 0 Å². The van der Waals surface area contributed by atoms with E-state index in [2.05, 4.69) is 35.2 Å². The largest absolute Gasteiger partial charge is 0.385 e. The van der Waals surface area contributed by atoms with Gasteiger partial charge >= 0.3 is 15.2 Å². The summed E-state index contributed by atoms with van der Waals surface area (Å²) in [6.45, 7) is 0. The number of nitrogens with zero attached hydrogens (tertiary/aromatic N) is 8. The van der Waals surface area contributed by atoms with Crippen molar-refractivity contribution in [2.45, 2.75) is 49.5 Å². The highest BCUT2D eigenvalue weighted by Crippen LogP contribution is 2.53. The summed E-state index contributed by atoms with van der Waals surface area (Å²) in [5.41, 5.74) is 10.4. The second-order valence-corrected chi connectivity index (χ2v) is 13.5. The van der Waals surface area contributed by atoms with Crippen molar-refractivity contribution in [1.82, 2.24) is 44.5 Å². The lowest BCUT2D eigenvalue weighted by Crippen LogP contribution is -2.35. The molecule has 4 aromatic heterocycles. The Balaban J connectivity index is 1.21. The third kappa shape index (κ3) is 5.29. The molecule has 0 spiro atoms. The van der Waals surface area contributed by atoms with Gasteiger partial charge in [0.05, 0.1) is 6.33 Å². The fourth-order valence-electron chi connectivity index (χ4n) is 5.02. The minimum Gasteiger partial charge on any atom is -0.385 e. The number of nitrogens with two attached hydrogens (primary N) is 2. The number of aromatic amines is 1. The van der Waals surface area contributed by atoms with Gasteiger partial charge < -0.3 is 50.4 Å². The predicted octanol–water partition coefficient (Wildman–Crippen LogP) is -2.95. The molecule has 4 aromatic rings. The van der Waals surface area contributed by atoms with Crippen LogP contribution in [0.25, 0.3) is 22.3 Å². The number of H-pyrrole nitrogens is 1. The molecule has 3 aliphatic heterocycles. The molecule has 0 amide bonds. The van der Waals surface area contributed by atoms with E-state index < -0.39 is 82.9 Å². The Labute approximate surface area is 247 Å². The maximum atomic E-state index is 13.3. The molecule has 0 aromatic carbocycles. The fraction of sp³-hybridized carbons (Fsp3) is 0.526. The average Bonchev–Trinajstić information content (AvgIpc) is 3.72. The highest BCUT2D eigenvalue weighted by atomic mass is 31.2. The number of nitrogens with one attached hydrogen (secondary N) is 1. The molecule has 4 unspecified atom stereocenters. The number of anilines is 2. The van der Waals surface area contributed by atoms with Crippen LogP contribution in [0.5, 0.6) is 0 Å². The van der Waals surface area contributed by atoms with Gasteiger partial charge in [-0.3, -0.25) is 32.5 Å². The highest BCUT2D eigenvalue weighted by molar-refractivity contribution is 7.52. The molecule has 24 nitrogen and oxygen atoms in total. The first kappa shape index (κ1) is 30.2. The predicted molar refractivity (Wildman–Crippen MR) is 141 cm³/mol. The van der Waals surface area contributed by atoms with E-state index in [0.717, 1.165) is 11.0 Å². The second-order valence-electron chi connectivity index (χ2n) is 10.0. The summed E-state index contributed by atoms with van der Waals surface area (Å²) >= 11 is 0. The van der Waals surface area contributed by atoms with Gasteiger partial charge in [-0.2, -0.15) is 9.67 Å². The van der Waals surface area contributed by atoms with Crippen LogP contribution < -0.4 is 17.0 Å². The monoisotopic (exact) mass is 675 g/mol. The number of ether oxygens (including phenoxy) is 4. The second kappa shape index (κ2) is 10.8. The number of nitrogen functional groups attached to an aromatic ring is 2. The maximum Gasteiger partial charge on any atom is 0.354 e. The summed E-state index contributed by atoms with van der Waals surface area (Å²) in [7, 11) is -9.71. The first-order valence-electron chi connectivity index (χ1n) is 12.8. The standard InChI is InChI=1S/C19H23N11O13P2/c20-11-5-12(23-1-22-11)29(2-24-5)15-7(31)10-18(40-15)39-4-44(34,35)42-9-8(32)17(38-3-45(36,37)43-10)41-16(9)30-13-6(27-28-30)14(33)26-19(21)25-13/h1-2,7-10,15-18,31-32H,3-4H2,(H,34,35)(H,36,37)(H2,20,22,23)(H3,21,25,26,33)/t7-,8?,9-,10?,15+,16+,17-,18-/m0/s1. The van der Waals surface area contributed by atoms with Crippen molar-refractivity contribution >= 4 is 49.3 Å². The summed E-state index contributed by atoms with van der Waals surface area (Å²) in [6.07, 6.45) is -13.6. The molecule has 26 heteroatoms. The van der Waals surface area contributed by atoms with Crippen LogP contribution in [0.15, 0.2) is 17.4 Å². The molecule has 0 aliphatic carbocycles. The number of fused-ring (bicyclic) bond motifs is 5. The van der Waals surface area contributed by atoms with Gasteiger partial charge in [0.2, 0.25) is 5.95 Å². The lowest BCUT2D eigenvalue weighted by molar-refractivity contribution is -0.175. The molecular formula is C19H23N11O13P2. The minimum absolute atomic E-state index is 0.0268. The molecule has 0 radical (unpaired) electrons. The van der Waals surface area contributed by atoms with Crippen LogP contribution in [-0.2, 0) is 37.1 Å². The van der Waals surface area contributed by atoms with E-state index in [0.29, 0.717) is 0 Å². The molecule has 7 rings (SSSR count). The number of aliphatic hydroxyl groups is 2. The number of hydrogen-bond donors (Lipinski definition) is 7. The quantitative estimate of drug-likeness (QED) is 0.104. The van der Waals surface area contributed by atoms with Crippen LogP contribution in [0.1, 0.15) is 12.5 Å². The zero-order valence-corrected chi connectivity index (χ0v) is 24.1. The van der Waals surface area contributed by atoms with Crippen LogP contribution in [0.3, 0.4) is 0 Å². The van der Waals surface area contributed by atoms with E-state index in [1.807, 2.05) is 0 Å². The topological polar surface area (TPSA) is 343 Å². The average molecular weight is 675 g/mol. The SMILES string of the molecule is Nc1nc2c(nnn2[C@@H]2O[C@@H]3OCP(=O)(O)OC4[C@@H](OCP(=O)(O)O[C@H]2C3O)O[C@@H](n2cnc3c(N)ncnc32)[C@H]4O)c(=O)[nH]1. The van der Waals surface area contributed by atoms with Crippen LogP contribution in [0.4, 0.5) is 11.8 Å². The molecule has 7 heterocycles. The van der Waals surface area contributed by atoms with Crippen molar-refractivity contribution in [3.8, 4) is 0 Å². The fourth-order valence-corrected chi connectivity index (χ4v) is 7.03. The van der Waals surface area contributed by atoms with E-state index in [9.17, 15) is 33.9 Å². The van der Waals surface area contributed by atoms with Gasteiger partial charge in [0.25, 0.3) is 5.56 Å². The van der Waals surface area contributed by atoms with Crippen LogP contribution in [0, 0.1) is 0 Å². The summed E-state index contributed by atoms with van der Waals surface area (Å²) in [5, 5.41) is 29.5. The molecule has 0 saturated carbocycles. The van der Waals surface area contributed by atoms with Crippen LogP contribution >= 0.6 is 15.2 Å². The van der Waals surface area contributed by atoms with E-state index in [-0.39, 0.29) is 34.1 Å². The van der Waals surface area contributed by atoms with Crippen molar-refractivity contribution in [2.75, 3.05) is 24.2 Å². The zero-order valence-electron chi connectivity index (χ0n) is 22.3. The van der Waals surface area contributed by atoms with Gasteiger partial charge in [0, 0.05) is 0 Å². The Morgan fingerprint density at radius 2 is 1.58 bits per heavy atom. The molecule has 3 fully saturated rings. The van der Waals surface area contributed by atoms with E-state index in [1.54, 1.807) is 0 Å². The number of imidazole rings is 1. The number of hydrogen-bond acceptors (Lipinski definition) is 19. The minimum atomic E-state index is -4.88. The third-order valence-corrected chi connectivity index (χ3v) is 9.07. The van der Waals surface area contributed by atoms with Gasteiger partial charge in [0.1, 0.15) is 36.3 Å². The Bertz CT molecular complexity index is 1940. The van der Waals surface area contributed by atoms with Gasteiger partial charge in [0.15, 0.2) is 60.4 Å². The van der Waals surface area contributed by atoms with Crippen molar-refractivity contribution < 1.29 is 57.1 Å². The van der Waals surface area contributed by atoms with Crippen molar-refractivity contribution in [1.29, 1.82) is 0 Å². The third-order valence-electron chi connectivity index (χ3n) is 6.97. The number of aliphatic hydroxyl groups excluding tert-OH is 2. The molecule has 3 aliphatic rings. The van der Waals surface area contributed by atoms with Gasteiger partial charge in [-0.25, -0.2) is 15.0 Å². The number of aromatic nitrogens is 9. The highest BCUT2D eigenvalue weighted by Gasteiger charge is 2.54.